The summed E-state index contributed by atoms with van der Waals surface area (Å²) in [7, 11) is -16.2. The Morgan fingerprint density at radius 1 is 0.549 bits per heavy atom. The minimum Gasteiger partial charge on any atom is -1.00 e. The zero-order chi connectivity index (χ0) is 69.7. The molecule has 0 aliphatic carbocycles. The van der Waals surface area contributed by atoms with Crippen molar-refractivity contribution in [2.45, 2.75) is 238 Å². The van der Waals surface area contributed by atoms with E-state index in [1.165, 1.54) is 63.9 Å². The molecule has 91 heavy (non-hydrogen) atoms. The van der Waals surface area contributed by atoms with Crippen molar-refractivity contribution in [3.8, 4) is 0 Å². The molecule has 0 atom stereocenters. The van der Waals surface area contributed by atoms with Gasteiger partial charge in [0.05, 0.1) is 44.7 Å². The molecule has 0 fully saturated rings. The van der Waals surface area contributed by atoms with E-state index in [0.717, 1.165) is 16.7 Å². The van der Waals surface area contributed by atoms with E-state index in [1.54, 1.807) is 97.0 Å². The van der Waals surface area contributed by atoms with Crippen LogP contribution in [0.2, 0.25) is 36.3 Å². The number of hydrogen-bond donors (Lipinski definition) is 4. The second-order valence-electron chi connectivity index (χ2n) is 25.2. The quantitative estimate of drug-likeness (QED) is 0.0182. The first-order valence-electron chi connectivity index (χ1n) is 28.3. The van der Waals surface area contributed by atoms with Gasteiger partial charge in [0.2, 0.25) is 8.32 Å². The van der Waals surface area contributed by atoms with Gasteiger partial charge in [-0.05, 0) is 174 Å². The summed E-state index contributed by atoms with van der Waals surface area (Å²) in [5.41, 5.74) is -4.39. The second kappa shape index (κ2) is 46.1. The van der Waals surface area contributed by atoms with Crippen LogP contribution in [0.15, 0.2) is 87.5 Å². The van der Waals surface area contributed by atoms with E-state index in [0.29, 0.717) is 19.3 Å². The molecule has 0 saturated carbocycles. The molecule has 4 N–H and O–H groups in total. The molecule has 0 amide bonds. The number of alkyl halides is 3. The number of aryl methyl sites for hydroxylation is 3. The number of Topliss-reactive ketones (excluding diaryl/α,β-unsaturated/α-hetero) is 1. The van der Waals surface area contributed by atoms with Crippen LogP contribution in [-0.2, 0) is 60.9 Å². The number of halogens is 5. The summed E-state index contributed by atoms with van der Waals surface area (Å²) >= 11 is 0. The van der Waals surface area contributed by atoms with E-state index in [9.17, 15) is 56.7 Å². The largest absolute Gasteiger partial charge is 2.00 e. The monoisotopic (exact) mass is 1560 g/mol. The predicted octanol–water partition coefficient (Wildman–Crippen LogP) is 10.7. The fourth-order valence-corrected chi connectivity index (χ4v) is 13.4. The predicted molar refractivity (Wildman–Crippen MR) is 367 cm³/mol. The molecule has 3 aromatic carbocycles. The summed E-state index contributed by atoms with van der Waals surface area (Å²) in [5.74, 6) is 0.0394. The zero-order valence-electron chi connectivity index (χ0n) is 58.0. The van der Waals surface area contributed by atoms with Crippen molar-refractivity contribution < 1.29 is 113 Å². The summed E-state index contributed by atoms with van der Waals surface area (Å²) in [6, 6.07) is 19.5. The Hall–Kier alpha value is -1.22. The normalized spacial score (nSPS) is 12.3. The van der Waals surface area contributed by atoms with Crippen molar-refractivity contribution in [2.24, 2.45) is 0 Å². The number of hydrogen-bond acceptors (Lipinski definition) is 18. The van der Waals surface area contributed by atoms with E-state index < -0.39 is 83.4 Å². The van der Waals surface area contributed by atoms with Gasteiger partial charge in [0.25, 0.3) is 29.3 Å². The average Bonchev–Trinajstić information content (AvgIpc) is 1.34. The third kappa shape index (κ3) is 50.7. The Kier molecular flexibility index (Phi) is 53.6. The summed E-state index contributed by atoms with van der Waals surface area (Å²) in [6.45, 7) is 46.7. The Balaban J connectivity index is -0.000000154. The topological polar surface area (TPSA) is 275 Å². The molecule has 534 valence electrons. The molecule has 0 saturated heterocycles. The number of benzene rings is 3. The standard InChI is InChI=1S/C18H32O4SSi.C12H18O4S.C7H7ClO2S.C7H15F3O3SSi.C6H15N.C5H12O2.C4H8O2.CH4.CH3.HI.Mg/c1-15-9-11-16(12-10-15)23(19,20)21-14-13-18(5,6)22-24(7,8)17(2,3)4;1-10-4-6-11(7-5-10)17(14,15)16-9-8-12(2,3)13;1-6-2-4-7(5-3-6)11(8,9)10;1-6(2,3)15(4,5)13-14(11,12)7(8,9)10;1-4-7(5-2)6-3;1-5(2,7)3-4-6;1-4(6)2-3-5;;;;/h9-12H,13-14H2,1-8H3;4-7,13H,8-9H2,1-3H3;2-5H,1H3;1-5H3;4-6H2,1-3H3;6-7H,3-4H2,1-2H3;5H,2-3H2,1H3;1H4;1H3;1H;/q;;;;;;;;-1;;+2/p-1. The number of carbonyl (C=O) groups excluding carboxylic acids is 1. The molecule has 0 aliphatic heterocycles. The first-order valence-corrected chi connectivity index (χ1v) is 40.6. The van der Waals surface area contributed by atoms with Crippen LogP contribution in [0.4, 0.5) is 13.2 Å². The number of aliphatic hydroxyl groups is 4. The molecular formula is C61H114ClF3IMgNO17S4Si2. The Morgan fingerprint density at radius 2 is 0.846 bits per heavy atom. The maximum absolute atomic E-state index is 12.2. The first-order chi connectivity index (χ1) is 38.8. The van der Waals surface area contributed by atoms with Crippen LogP contribution in [0.1, 0.15) is 161 Å². The molecule has 0 heterocycles. The SMILES string of the molecule is C.CC(=O)CCO.CC(C)(C)[Si](C)(C)OS(=O)(=O)C(F)(F)F.CC(C)(O)CCO.CCN(CC)CC.Cc1ccc(S(=O)(=O)Cl)cc1.Cc1ccc(S(=O)(=O)OCCC(C)(C)O)cc1.Cc1ccc(S(=O)(=O)OCCC(C)(C)O[Si](C)(C)C(C)(C)C)cc1.[CH3-].[I-].[Mg+2]. The fraction of sp³-hybridized carbons (Fsp3) is 0.672. The zero-order valence-corrected chi connectivity index (χ0v) is 67.6. The van der Waals surface area contributed by atoms with Crippen LogP contribution in [0.5, 0.6) is 0 Å². The molecule has 0 spiro atoms. The van der Waals surface area contributed by atoms with Gasteiger partial charge in [-0.15, -0.1) is 0 Å². The maximum Gasteiger partial charge on any atom is 2.00 e. The maximum atomic E-state index is 12.2. The summed E-state index contributed by atoms with van der Waals surface area (Å²) in [6.07, 6.45) is 1.52. The van der Waals surface area contributed by atoms with Crippen LogP contribution >= 0.6 is 10.7 Å². The van der Waals surface area contributed by atoms with Crippen molar-refractivity contribution in [1.82, 2.24) is 4.90 Å². The second-order valence-corrected chi connectivity index (χ2v) is 42.3. The molecule has 18 nitrogen and oxygen atoms in total. The van der Waals surface area contributed by atoms with Crippen molar-refractivity contribution >= 4 is 95.6 Å². The van der Waals surface area contributed by atoms with Crippen LogP contribution in [-0.4, -0.2) is 173 Å². The third-order valence-electron chi connectivity index (χ3n) is 13.1. The molecule has 0 unspecified atom stereocenters. The van der Waals surface area contributed by atoms with Crippen LogP contribution < -0.4 is 24.0 Å². The van der Waals surface area contributed by atoms with Crippen molar-refractivity contribution in [3.05, 3.63) is 96.9 Å². The minimum atomic E-state index is -5.48. The van der Waals surface area contributed by atoms with Crippen molar-refractivity contribution in [1.29, 1.82) is 0 Å². The smallest absolute Gasteiger partial charge is 1.00 e. The summed E-state index contributed by atoms with van der Waals surface area (Å²) in [4.78, 5) is 12.7. The average molecular weight is 1560 g/mol. The van der Waals surface area contributed by atoms with Gasteiger partial charge in [-0.2, -0.15) is 38.4 Å². The fourth-order valence-electron chi connectivity index (χ4n) is 5.49. The van der Waals surface area contributed by atoms with Gasteiger partial charge in [-0.1, -0.05) is 123 Å². The van der Waals surface area contributed by atoms with Gasteiger partial charge in [0, 0.05) is 36.7 Å². The van der Waals surface area contributed by atoms with Gasteiger partial charge in [0.15, 0.2) is 8.32 Å². The Bertz CT molecular complexity index is 2880. The molecule has 0 radical (unpaired) electrons. The molecule has 3 aromatic rings. The van der Waals surface area contributed by atoms with E-state index in [2.05, 4.69) is 63.4 Å². The van der Waals surface area contributed by atoms with Crippen molar-refractivity contribution in [2.75, 3.05) is 46.1 Å². The van der Waals surface area contributed by atoms with Gasteiger partial charge in [-0.25, -0.2) is 8.42 Å². The van der Waals surface area contributed by atoms with E-state index in [-0.39, 0.29) is 120 Å². The van der Waals surface area contributed by atoms with Gasteiger partial charge in [-0.3, -0.25) is 13.2 Å². The molecule has 3 rings (SSSR count). The molecular weight excluding hydrogens is 1450 g/mol. The van der Waals surface area contributed by atoms with E-state index in [4.69, 9.17) is 38.8 Å². The molecule has 0 aromatic heterocycles. The summed E-state index contributed by atoms with van der Waals surface area (Å²) < 4.78 is 148. The first kappa shape index (κ1) is 106. The van der Waals surface area contributed by atoms with Crippen LogP contribution in [0.3, 0.4) is 0 Å². The number of nitrogens with zero attached hydrogens (tertiary/aromatic N) is 1. The van der Waals surface area contributed by atoms with E-state index >= 15 is 0 Å². The number of aliphatic hydroxyl groups excluding tert-OH is 2. The Morgan fingerprint density at radius 3 is 1.04 bits per heavy atom. The molecule has 30 heteroatoms. The summed E-state index contributed by atoms with van der Waals surface area (Å²) in [5, 5.41) is 34.1. The van der Waals surface area contributed by atoms with Gasteiger partial charge < -0.3 is 65.0 Å². The minimum absolute atomic E-state index is 0. The number of ketones is 1. The van der Waals surface area contributed by atoms with Gasteiger partial charge in [0.1, 0.15) is 5.78 Å². The van der Waals surface area contributed by atoms with Crippen LogP contribution in [0.25, 0.3) is 0 Å². The number of carbonyl (C=O) groups is 1. The van der Waals surface area contributed by atoms with Crippen LogP contribution in [0, 0.1) is 28.2 Å². The van der Waals surface area contributed by atoms with E-state index in [1.807, 2.05) is 34.6 Å². The molecule has 0 bridgehead atoms. The van der Waals surface area contributed by atoms with Gasteiger partial charge >= 0.3 is 38.7 Å². The number of rotatable bonds is 22. The van der Waals surface area contributed by atoms with Crippen molar-refractivity contribution in [3.63, 3.8) is 0 Å². The third-order valence-corrected chi connectivity index (χ3v) is 28.5. The Labute approximate surface area is 589 Å². The molecule has 0 aliphatic rings.